The summed E-state index contributed by atoms with van der Waals surface area (Å²) in [5.41, 5.74) is 6.00. The second-order valence-corrected chi connectivity index (χ2v) is 10.8. The number of hydrogen-bond acceptors (Lipinski definition) is 3. The number of rotatable bonds is 8. The first-order chi connectivity index (χ1) is 16.5. The van der Waals surface area contributed by atoms with E-state index in [0.29, 0.717) is 21.7 Å². The maximum absolute atomic E-state index is 15.2. The van der Waals surface area contributed by atoms with Gasteiger partial charge in [0.05, 0.1) is 5.66 Å². The summed E-state index contributed by atoms with van der Waals surface area (Å²) in [5, 5.41) is 3.95. The Hall–Kier alpha value is -3.95. The van der Waals surface area contributed by atoms with Crippen molar-refractivity contribution in [2.45, 2.75) is 11.7 Å². The first-order valence-corrected chi connectivity index (χ1v) is 12.7. The summed E-state index contributed by atoms with van der Waals surface area (Å²) in [6, 6.07) is 34.6. The van der Waals surface area contributed by atoms with Crippen LogP contribution in [0, 0.1) is 0 Å². The van der Waals surface area contributed by atoms with Crippen LogP contribution in [0.25, 0.3) is 0 Å². The summed E-state index contributed by atoms with van der Waals surface area (Å²) in [5.74, 6) is -1.22. The van der Waals surface area contributed by atoms with E-state index in [-0.39, 0.29) is 0 Å². The largest absolute Gasteiger partial charge is 0.368 e. The van der Waals surface area contributed by atoms with Gasteiger partial charge in [0.15, 0.2) is 7.14 Å². The van der Waals surface area contributed by atoms with Gasteiger partial charge in [-0.1, -0.05) is 109 Å². The molecule has 0 spiro atoms. The molecular weight excluding hydrogens is 443 g/mol. The predicted molar refractivity (Wildman–Crippen MR) is 136 cm³/mol. The Labute approximate surface area is 199 Å². The fourth-order valence-corrected chi connectivity index (χ4v) is 7.56. The van der Waals surface area contributed by atoms with Crippen molar-refractivity contribution in [3.05, 3.63) is 132 Å². The zero-order valence-corrected chi connectivity index (χ0v) is 19.3. The second kappa shape index (κ2) is 10.3. The van der Waals surface area contributed by atoms with Gasteiger partial charge < -0.3 is 15.6 Å². The number of amides is 2. The molecule has 0 aromatic heterocycles. The highest BCUT2D eigenvalue weighted by Gasteiger charge is 2.45. The first kappa shape index (κ1) is 23.2. The van der Waals surface area contributed by atoms with Crippen molar-refractivity contribution in [3.63, 3.8) is 0 Å². The molecular formula is C28H25N2O3P. The lowest BCUT2D eigenvalue weighted by Crippen LogP contribution is -2.49. The summed E-state index contributed by atoms with van der Waals surface area (Å²) < 4.78 is 15.2. The van der Waals surface area contributed by atoms with Crippen LogP contribution in [0.1, 0.15) is 21.6 Å². The highest BCUT2D eigenvalue weighted by atomic mass is 31.2. The van der Waals surface area contributed by atoms with Crippen molar-refractivity contribution in [1.29, 1.82) is 0 Å². The number of benzene rings is 4. The van der Waals surface area contributed by atoms with Crippen molar-refractivity contribution in [3.8, 4) is 0 Å². The fraction of sp³-hybridized carbons (Fsp3) is 0.0714. The molecule has 5 nitrogen and oxygen atoms in total. The van der Waals surface area contributed by atoms with Crippen LogP contribution >= 0.6 is 7.14 Å². The molecule has 0 heterocycles. The molecule has 4 aromatic rings. The Morgan fingerprint density at radius 3 is 1.50 bits per heavy atom. The number of primary amides is 1. The van der Waals surface area contributed by atoms with Gasteiger partial charge >= 0.3 is 0 Å². The summed E-state index contributed by atoms with van der Waals surface area (Å²) >= 11 is 0. The van der Waals surface area contributed by atoms with Gasteiger partial charge in [-0.05, 0) is 17.7 Å². The average Bonchev–Trinajstić information content (AvgIpc) is 2.90. The summed E-state index contributed by atoms with van der Waals surface area (Å²) in [7, 11) is -3.53. The number of nitrogens with one attached hydrogen (secondary N) is 1. The van der Waals surface area contributed by atoms with Crippen LogP contribution in [0.5, 0.6) is 0 Å². The molecule has 0 bridgehead atoms. The SMILES string of the molecule is NC(=O)C(NC(=O)c1ccccc1)C(c1ccccc1)P(=O)(c1ccccc1)c1ccccc1. The molecule has 0 fully saturated rings. The minimum Gasteiger partial charge on any atom is -0.368 e. The van der Waals surface area contributed by atoms with Crippen LogP contribution in [0.15, 0.2) is 121 Å². The van der Waals surface area contributed by atoms with E-state index in [1.54, 1.807) is 54.6 Å². The van der Waals surface area contributed by atoms with E-state index in [2.05, 4.69) is 5.32 Å². The van der Waals surface area contributed by atoms with Crippen molar-refractivity contribution in [1.82, 2.24) is 5.32 Å². The number of nitrogens with two attached hydrogens (primary N) is 1. The van der Waals surface area contributed by atoms with E-state index in [4.69, 9.17) is 5.73 Å². The molecule has 4 aromatic carbocycles. The lowest BCUT2D eigenvalue weighted by atomic mass is 10.0. The van der Waals surface area contributed by atoms with Crippen LogP contribution in [0.2, 0.25) is 0 Å². The molecule has 2 unspecified atom stereocenters. The Morgan fingerprint density at radius 1 is 0.647 bits per heavy atom. The van der Waals surface area contributed by atoms with E-state index in [1.807, 2.05) is 66.7 Å². The minimum absolute atomic E-state index is 0.384. The van der Waals surface area contributed by atoms with Gasteiger partial charge in [0.1, 0.15) is 6.04 Å². The predicted octanol–water partition coefficient (Wildman–Crippen LogP) is 4.03. The maximum Gasteiger partial charge on any atom is 0.251 e. The maximum atomic E-state index is 15.2. The third kappa shape index (κ3) is 4.70. The van der Waals surface area contributed by atoms with Gasteiger partial charge in [0.25, 0.3) is 5.91 Å². The van der Waals surface area contributed by atoms with Crippen LogP contribution < -0.4 is 21.7 Å². The van der Waals surface area contributed by atoms with E-state index in [0.717, 1.165) is 0 Å². The molecule has 0 saturated carbocycles. The van der Waals surface area contributed by atoms with Gasteiger partial charge in [-0.2, -0.15) is 0 Å². The molecule has 3 N–H and O–H groups in total. The van der Waals surface area contributed by atoms with E-state index in [9.17, 15) is 9.59 Å². The molecule has 4 rings (SSSR count). The molecule has 34 heavy (non-hydrogen) atoms. The lowest BCUT2D eigenvalue weighted by Gasteiger charge is -2.34. The molecule has 0 aliphatic rings. The molecule has 0 aliphatic carbocycles. The molecule has 170 valence electrons. The first-order valence-electron chi connectivity index (χ1n) is 10.9. The highest BCUT2D eigenvalue weighted by molar-refractivity contribution is 7.79. The Kier molecular flexibility index (Phi) is 7.05. The third-order valence-corrected chi connectivity index (χ3v) is 9.27. The number of carbonyl (C=O) groups is 2. The van der Waals surface area contributed by atoms with Crippen molar-refractivity contribution >= 4 is 29.6 Å². The van der Waals surface area contributed by atoms with E-state index >= 15 is 4.57 Å². The molecule has 0 aliphatic heterocycles. The smallest absolute Gasteiger partial charge is 0.251 e. The van der Waals surface area contributed by atoms with Crippen LogP contribution in [-0.2, 0) is 9.36 Å². The monoisotopic (exact) mass is 468 g/mol. The summed E-state index contributed by atoms with van der Waals surface area (Å²) in [6.07, 6.45) is 0. The lowest BCUT2D eigenvalue weighted by molar-refractivity contribution is -0.119. The summed E-state index contributed by atoms with van der Waals surface area (Å²) in [4.78, 5) is 26.0. The molecule has 0 radical (unpaired) electrons. The van der Waals surface area contributed by atoms with Gasteiger partial charge in [-0.3, -0.25) is 9.59 Å². The number of carbonyl (C=O) groups excluding carboxylic acids is 2. The highest BCUT2D eigenvalue weighted by Crippen LogP contribution is 2.58. The standard InChI is InChI=1S/C28H25N2O3P/c29-27(31)25(30-28(32)22-15-7-2-8-16-22)26(21-13-5-1-6-14-21)34(33,23-17-9-3-10-18-23)24-19-11-4-12-20-24/h1-20,25-26H,(H2,29,31)(H,30,32). The third-order valence-electron chi connectivity index (χ3n) is 5.76. The molecule has 2 atom stereocenters. The Bertz CT molecular complexity index is 1250. The summed E-state index contributed by atoms with van der Waals surface area (Å²) in [6.45, 7) is 0. The zero-order chi connectivity index (χ0) is 24.0. The van der Waals surface area contributed by atoms with Crippen molar-refractivity contribution in [2.24, 2.45) is 5.73 Å². The fourth-order valence-electron chi connectivity index (χ4n) is 4.15. The van der Waals surface area contributed by atoms with E-state index in [1.165, 1.54) is 0 Å². The molecule has 6 heteroatoms. The normalized spacial score (nSPS) is 12.9. The van der Waals surface area contributed by atoms with Gasteiger partial charge in [0.2, 0.25) is 5.91 Å². The van der Waals surface area contributed by atoms with Crippen molar-refractivity contribution in [2.75, 3.05) is 0 Å². The van der Waals surface area contributed by atoms with Gasteiger partial charge in [-0.25, -0.2) is 0 Å². The van der Waals surface area contributed by atoms with Crippen LogP contribution in [-0.4, -0.2) is 17.9 Å². The Morgan fingerprint density at radius 2 is 1.06 bits per heavy atom. The topological polar surface area (TPSA) is 89.3 Å². The molecule has 2 amide bonds. The van der Waals surface area contributed by atoms with Crippen molar-refractivity contribution < 1.29 is 14.2 Å². The molecule has 0 saturated heterocycles. The zero-order valence-electron chi connectivity index (χ0n) is 18.5. The number of hydrogen-bond donors (Lipinski definition) is 2. The van der Waals surface area contributed by atoms with Crippen LogP contribution in [0.3, 0.4) is 0 Å². The second-order valence-electron chi connectivity index (χ2n) is 7.90. The average molecular weight is 468 g/mol. The quantitative estimate of drug-likeness (QED) is 0.383. The van der Waals surface area contributed by atoms with Gasteiger partial charge in [0, 0.05) is 16.2 Å². The Balaban J connectivity index is 1.92. The van der Waals surface area contributed by atoms with E-state index < -0.39 is 30.7 Å². The minimum atomic E-state index is -3.53. The van der Waals surface area contributed by atoms with Crippen LogP contribution in [0.4, 0.5) is 0 Å². The van der Waals surface area contributed by atoms with Gasteiger partial charge in [-0.15, -0.1) is 0 Å².